The van der Waals surface area contributed by atoms with Gasteiger partial charge in [0.25, 0.3) is 11.5 Å². The lowest BCUT2D eigenvalue weighted by Gasteiger charge is -2.27. The third-order valence-corrected chi connectivity index (χ3v) is 4.91. The summed E-state index contributed by atoms with van der Waals surface area (Å²) >= 11 is 0. The summed E-state index contributed by atoms with van der Waals surface area (Å²) in [7, 11) is 0. The summed E-state index contributed by atoms with van der Waals surface area (Å²) in [5.74, 6) is -1.36. The number of para-hydroxylation sites is 1. The van der Waals surface area contributed by atoms with E-state index in [1.165, 1.54) is 5.01 Å². The Bertz CT molecular complexity index is 983. The van der Waals surface area contributed by atoms with Crippen molar-refractivity contribution < 1.29 is 14.7 Å². The standard InChI is InChI=1S/C19H18N4O4/c24-17-14-11-22(9-7-12(14)6-8-20-17)18(25)15-10-16(19(26)27)23(21-15)13-4-2-1-3-5-13/h1-6,8,16H,7,9-11H2,(H,20,24)(H,26,27). The predicted molar refractivity (Wildman–Crippen MR) is 98.6 cm³/mol. The van der Waals surface area contributed by atoms with Gasteiger partial charge in [0.15, 0.2) is 6.04 Å². The molecular formula is C19H18N4O4. The first-order valence-corrected chi connectivity index (χ1v) is 8.68. The number of carboxylic acid groups (broad SMARTS) is 1. The van der Waals surface area contributed by atoms with Gasteiger partial charge in [0.1, 0.15) is 5.71 Å². The van der Waals surface area contributed by atoms with Crippen molar-refractivity contribution in [1.29, 1.82) is 0 Å². The number of hydrogen-bond donors (Lipinski definition) is 2. The van der Waals surface area contributed by atoms with E-state index in [1.807, 2.05) is 12.1 Å². The number of pyridine rings is 1. The smallest absolute Gasteiger partial charge is 0.328 e. The van der Waals surface area contributed by atoms with Gasteiger partial charge in [0.05, 0.1) is 12.2 Å². The number of hydrogen-bond acceptors (Lipinski definition) is 5. The second kappa shape index (κ2) is 6.71. The maximum atomic E-state index is 12.9. The molecule has 27 heavy (non-hydrogen) atoms. The number of aromatic amines is 1. The maximum Gasteiger partial charge on any atom is 0.328 e. The summed E-state index contributed by atoms with van der Waals surface area (Å²) in [6.07, 6.45) is 2.22. The number of benzene rings is 1. The number of aromatic nitrogens is 1. The first-order valence-electron chi connectivity index (χ1n) is 8.68. The quantitative estimate of drug-likeness (QED) is 0.842. The number of hydrazone groups is 1. The molecule has 3 heterocycles. The van der Waals surface area contributed by atoms with Crippen LogP contribution in [0.2, 0.25) is 0 Å². The van der Waals surface area contributed by atoms with E-state index in [-0.39, 0.29) is 30.1 Å². The lowest BCUT2D eigenvalue weighted by molar-refractivity contribution is -0.138. The third kappa shape index (κ3) is 3.10. The molecule has 2 N–H and O–H groups in total. The van der Waals surface area contributed by atoms with Gasteiger partial charge in [-0.1, -0.05) is 18.2 Å². The van der Waals surface area contributed by atoms with Crippen LogP contribution in [0.1, 0.15) is 17.5 Å². The lowest BCUT2D eigenvalue weighted by atomic mass is 10.0. The Balaban J connectivity index is 1.60. The van der Waals surface area contributed by atoms with Crippen molar-refractivity contribution in [3.63, 3.8) is 0 Å². The van der Waals surface area contributed by atoms with E-state index in [0.717, 1.165) is 5.56 Å². The minimum absolute atomic E-state index is 0.0254. The van der Waals surface area contributed by atoms with Gasteiger partial charge in [0.2, 0.25) is 0 Å². The van der Waals surface area contributed by atoms with Crippen LogP contribution < -0.4 is 10.6 Å². The summed E-state index contributed by atoms with van der Waals surface area (Å²) in [6.45, 7) is 0.670. The Morgan fingerprint density at radius 1 is 1.19 bits per heavy atom. The largest absolute Gasteiger partial charge is 0.480 e. The van der Waals surface area contributed by atoms with Crippen LogP contribution in [0.15, 0.2) is 52.5 Å². The molecule has 4 rings (SSSR count). The van der Waals surface area contributed by atoms with Crippen LogP contribution in [-0.2, 0) is 22.6 Å². The average Bonchev–Trinajstić information content (AvgIpc) is 3.14. The number of nitrogens with one attached hydrogen (secondary N) is 1. The Morgan fingerprint density at radius 3 is 2.70 bits per heavy atom. The van der Waals surface area contributed by atoms with Crippen molar-refractivity contribution >= 4 is 23.3 Å². The molecule has 0 radical (unpaired) electrons. The molecule has 1 atom stereocenters. The second-order valence-electron chi connectivity index (χ2n) is 6.57. The zero-order valence-electron chi connectivity index (χ0n) is 14.5. The SMILES string of the molecule is O=C(O)C1CC(C(=O)N2CCc3cc[nH]c(=O)c3C2)=NN1c1ccccc1. The van der Waals surface area contributed by atoms with Crippen LogP contribution in [0, 0.1) is 0 Å². The Hall–Kier alpha value is -3.42. The molecule has 0 saturated heterocycles. The van der Waals surface area contributed by atoms with Crippen LogP contribution in [0.5, 0.6) is 0 Å². The van der Waals surface area contributed by atoms with Gasteiger partial charge in [-0.3, -0.25) is 14.6 Å². The van der Waals surface area contributed by atoms with Crippen molar-refractivity contribution in [2.24, 2.45) is 5.10 Å². The fourth-order valence-corrected chi connectivity index (χ4v) is 3.49. The van der Waals surface area contributed by atoms with Gasteiger partial charge < -0.3 is 15.0 Å². The summed E-state index contributed by atoms with van der Waals surface area (Å²) in [4.78, 5) is 40.8. The molecule has 8 nitrogen and oxygen atoms in total. The number of aliphatic carboxylic acids is 1. The van der Waals surface area contributed by atoms with Crippen molar-refractivity contribution in [3.05, 3.63) is 64.1 Å². The summed E-state index contributed by atoms with van der Waals surface area (Å²) in [5, 5.41) is 15.2. The van der Waals surface area contributed by atoms with E-state index in [2.05, 4.69) is 10.1 Å². The molecule has 0 spiro atoms. The Kier molecular flexibility index (Phi) is 4.23. The average molecular weight is 366 g/mol. The molecule has 0 saturated carbocycles. The van der Waals surface area contributed by atoms with Gasteiger partial charge in [-0.2, -0.15) is 5.10 Å². The van der Waals surface area contributed by atoms with Gasteiger partial charge in [-0.05, 0) is 30.2 Å². The fraction of sp³-hybridized carbons (Fsp3) is 0.263. The van der Waals surface area contributed by atoms with Crippen LogP contribution in [0.4, 0.5) is 5.69 Å². The normalized spacial score (nSPS) is 18.8. The van der Waals surface area contributed by atoms with Gasteiger partial charge in [-0.25, -0.2) is 4.79 Å². The zero-order valence-corrected chi connectivity index (χ0v) is 14.5. The Labute approximate surface area is 154 Å². The van der Waals surface area contributed by atoms with Gasteiger partial charge in [-0.15, -0.1) is 0 Å². The maximum absolute atomic E-state index is 12.9. The number of amides is 1. The van der Waals surface area contributed by atoms with E-state index in [9.17, 15) is 19.5 Å². The minimum atomic E-state index is -1.04. The van der Waals surface area contributed by atoms with Crippen molar-refractivity contribution in [2.75, 3.05) is 11.6 Å². The molecule has 0 bridgehead atoms. The van der Waals surface area contributed by atoms with Crippen molar-refractivity contribution in [2.45, 2.75) is 25.4 Å². The number of carboxylic acids is 1. The number of carbonyl (C=O) groups is 2. The molecule has 1 unspecified atom stereocenters. The molecule has 1 aromatic carbocycles. The number of nitrogens with zero attached hydrogens (tertiary/aromatic N) is 3. The van der Waals surface area contributed by atoms with E-state index in [4.69, 9.17) is 0 Å². The molecule has 0 aliphatic carbocycles. The molecule has 8 heteroatoms. The minimum Gasteiger partial charge on any atom is -0.480 e. The number of fused-ring (bicyclic) bond motifs is 1. The molecular weight excluding hydrogens is 348 g/mol. The van der Waals surface area contributed by atoms with Crippen LogP contribution in [0.3, 0.4) is 0 Å². The third-order valence-electron chi connectivity index (χ3n) is 4.91. The number of carbonyl (C=O) groups excluding carboxylic acids is 1. The van der Waals surface area contributed by atoms with Crippen LogP contribution in [0.25, 0.3) is 0 Å². The number of H-pyrrole nitrogens is 1. The molecule has 1 amide bonds. The highest BCUT2D eigenvalue weighted by molar-refractivity contribution is 6.40. The fourth-order valence-electron chi connectivity index (χ4n) is 3.49. The Morgan fingerprint density at radius 2 is 1.96 bits per heavy atom. The highest BCUT2D eigenvalue weighted by Gasteiger charge is 2.38. The first-order chi connectivity index (χ1) is 13.0. The molecule has 2 aliphatic heterocycles. The number of rotatable bonds is 3. The topological polar surface area (TPSA) is 106 Å². The van der Waals surface area contributed by atoms with Gasteiger partial charge >= 0.3 is 5.97 Å². The highest BCUT2D eigenvalue weighted by Crippen LogP contribution is 2.26. The van der Waals surface area contributed by atoms with Crippen LogP contribution >= 0.6 is 0 Å². The highest BCUT2D eigenvalue weighted by atomic mass is 16.4. The molecule has 0 fully saturated rings. The molecule has 2 aliphatic rings. The number of anilines is 1. The van der Waals surface area contributed by atoms with E-state index in [0.29, 0.717) is 24.2 Å². The molecule has 2 aromatic rings. The summed E-state index contributed by atoms with van der Waals surface area (Å²) in [6, 6.07) is 9.84. The first kappa shape index (κ1) is 17.0. The molecule has 138 valence electrons. The lowest BCUT2D eigenvalue weighted by Crippen LogP contribution is -2.42. The van der Waals surface area contributed by atoms with Crippen molar-refractivity contribution in [3.8, 4) is 0 Å². The predicted octanol–water partition coefficient (Wildman–Crippen LogP) is 0.979. The van der Waals surface area contributed by atoms with E-state index >= 15 is 0 Å². The zero-order chi connectivity index (χ0) is 19.0. The van der Waals surface area contributed by atoms with Crippen molar-refractivity contribution in [1.82, 2.24) is 9.88 Å². The van der Waals surface area contributed by atoms with E-state index < -0.39 is 12.0 Å². The van der Waals surface area contributed by atoms with E-state index in [1.54, 1.807) is 35.4 Å². The summed E-state index contributed by atoms with van der Waals surface area (Å²) in [5.41, 5.74) is 2.12. The van der Waals surface area contributed by atoms with Gasteiger partial charge in [0, 0.05) is 24.7 Å². The monoisotopic (exact) mass is 366 g/mol. The summed E-state index contributed by atoms with van der Waals surface area (Å²) < 4.78 is 0. The molecule has 1 aromatic heterocycles. The second-order valence-corrected chi connectivity index (χ2v) is 6.57. The van der Waals surface area contributed by atoms with Crippen LogP contribution in [-0.4, -0.2) is 45.2 Å².